The Labute approximate surface area is 95.1 Å². The molecule has 2 rings (SSSR count). The van der Waals surface area contributed by atoms with Crippen LogP contribution < -0.4 is 5.32 Å². The van der Waals surface area contributed by atoms with Crippen LogP contribution in [0.4, 0.5) is 0 Å². The van der Waals surface area contributed by atoms with Crippen molar-refractivity contribution in [2.24, 2.45) is 0 Å². The Hall–Kier alpha value is -0.860. The van der Waals surface area contributed by atoms with Crippen LogP contribution in [0.25, 0.3) is 10.1 Å². The van der Waals surface area contributed by atoms with Gasteiger partial charge in [-0.3, -0.25) is 0 Å². The van der Waals surface area contributed by atoms with Gasteiger partial charge in [-0.1, -0.05) is 12.1 Å². The van der Waals surface area contributed by atoms with Crippen molar-refractivity contribution in [3.63, 3.8) is 0 Å². The molecule has 0 bridgehead atoms. The molecule has 1 aromatic carbocycles. The third kappa shape index (κ3) is 2.39. The van der Waals surface area contributed by atoms with E-state index >= 15 is 0 Å². The van der Waals surface area contributed by atoms with Crippen LogP contribution in [-0.4, -0.2) is 13.1 Å². The fourth-order valence-corrected chi connectivity index (χ4v) is 2.71. The van der Waals surface area contributed by atoms with Crippen LogP contribution in [0.5, 0.6) is 0 Å². The van der Waals surface area contributed by atoms with Gasteiger partial charge in [0.05, 0.1) is 0 Å². The van der Waals surface area contributed by atoms with E-state index in [0.29, 0.717) is 6.04 Å². The van der Waals surface area contributed by atoms with Gasteiger partial charge in [-0.15, -0.1) is 11.3 Å². The van der Waals surface area contributed by atoms with Crippen LogP contribution in [0, 0.1) is 6.92 Å². The van der Waals surface area contributed by atoms with Crippen molar-refractivity contribution in [2.45, 2.75) is 26.3 Å². The summed E-state index contributed by atoms with van der Waals surface area (Å²) in [5.41, 5.74) is 1.42. The van der Waals surface area contributed by atoms with Crippen LogP contribution in [0.3, 0.4) is 0 Å². The first-order valence-corrected chi connectivity index (χ1v) is 6.17. The molecular formula is C13H17NS. The van der Waals surface area contributed by atoms with Gasteiger partial charge in [0.25, 0.3) is 0 Å². The van der Waals surface area contributed by atoms with Gasteiger partial charge >= 0.3 is 0 Å². The lowest BCUT2D eigenvalue weighted by atomic mass is 10.1. The monoisotopic (exact) mass is 219 g/mol. The van der Waals surface area contributed by atoms with E-state index in [2.05, 4.69) is 43.4 Å². The second-order valence-corrected chi connectivity index (χ2v) is 5.41. The summed E-state index contributed by atoms with van der Waals surface area (Å²) >= 11 is 1.87. The average Bonchev–Trinajstić information content (AvgIpc) is 2.57. The fourth-order valence-electron chi connectivity index (χ4n) is 1.81. The molecule has 0 fully saturated rings. The highest BCUT2D eigenvalue weighted by molar-refractivity contribution is 7.19. The summed E-state index contributed by atoms with van der Waals surface area (Å²) < 4.78 is 1.40. The highest BCUT2D eigenvalue weighted by Crippen LogP contribution is 2.26. The minimum absolute atomic E-state index is 0.544. The van der Waals surface area contributed by atoms with E-state index in [0.717, 1.165) is 6.42 Å². The maximum atomic E-state index is 3.27. The Morgan fingerprint density at radius 1 is 1.33 bits per heavy atom. The SMILES string of the molecule is CNC(C)Cc1ccc2sc(C)cc2c1. The molecular weight excluding hydrogens is 202 g/mol. The van der Waals surface area contributed by atoms with Crippen molar-refractivity contribution in [1.82, 2.24) is 5.32 Å². The molecule has 1 atom stereocenters. The van der Waals surface area contributed by atoms with Crippen molar-refractivity contribution < 1.29 is 0 Å². The molecule has 0 spiro atoms. The first-order valence-electron chi connectivity index (χ1n) is 5.35. The molecule has 0 amide bonds. The van der Waals surface area contributed by atoms with Crippen molar-refractivity contribution in [1.29, 1.82) is 0 Å². The molecule has 15 heavy (non-hydrogen) atoms. The Bertz CT molecular complexity index is 459. The van der Waals surface area contributed by atoms with Crippen LogP contribution in [-0.2, 0) is 6.42 Å². The lowest BCUT2D eigenvalue weighted by Crippen LogP contribution is -2.23. The predicted octanol–water partition coefficient (Wildman–Crippen LogP) is 3.36. The van der Waals surface area contributed by atoms with Crippen molar-refractivity contribution in [2.75, 3.05) is 7.05 Å². The normalized spacial score (nSPS) is 13.3. The highest BCUT2D eigenvalue weighted by Gasteiger charge is 2.03. The van der Waals surface area contributed by atoms with Crippen LogP contribution >= 0.6 is 11.3 Å². The number of likely N-dealkylation sites (N-methyl/N-ethyl adjacent to an activating group) is 1. The predicted molar refractivity (Wildman–Crippen MR) is 68.8 cm³/mol. The molecule has 80 valence electrons. The highest BCUT2D eigenvalue weighted by atomic mass is 32.1. The molecule has 2 heteroatoms. The topological polar surface area (TPSA) is 12.0 Å². The van der Waals surface area contributed by atoms with Crippen molar-refractivity contribution >= 4 is 21.4 Å². The molecule has 0 aliphatic heterocycles. The summed E-state index contributed by atoms with van der Waals surface area (Å²) in [4.78, 5) is 1.39. The molecule has 1 heterocycles. The van der Waals surface area contributed by atoms with E-state index in [-0.39, 0.29) is 0 Å². The average molecular weight is 219 g/mol. The number of hydrogen-bond donors (Lipinski definition) is 1. The number of aryl methyl sites for hydroxylation is 1. The first kappa shape index (κ1) is 10.7. The van der Waals surface area contributed by atoms with Gasteiger partial charge in [-0.05, 0) is 50.4 Å². The van der Waals surface area contributed by atoms with Crippen molar-refractivity contribution in [3.05, 3.63) is 34.7 Å². The molecule has 1 unspecified atom stereocenters. The molecule has 1 aromatic heterocycles. The van der Waals surface area contributed by atoms with Crippen LogP contribution in [0.1, 0.15) is 17.4 Å². The summed E-state index contributed by atoms with van der Waals surface area (Å²) in [6.07, 6.45) is 1.10. The van der Waals surface area contributed by atoms with E-state index in [1.807, 2.05) is 18.4 Å². The van der Waals surface area contributed by atoms with Gasteiger partial charge in [-0.25, -0.2) is 0 Å². The number of benzene rings is 1. The van der Waals surface area contributed by atoms with E-state index in [9.17, 15) is 0 Å². The Balaban J connectivity index is 2.30. The number of hydrogen-bond acceptors (Lipinski definition) is 2. The minimum atomic E-state index is 0.544. The Kier molecular flexibility index (Phi) is 3.08. The van der Waals surface area contributed by atoms with E-state index in [4.69, 9.17) is 0 Å². The molecule has 0 radical (unpaired) electrons. The third-order valence-corrected chi connectivity index (χ3v) is 3.77. The maximum Gasteiger partial charge on any atom is 0.0345 e. The first-order chi connectivity index (χ1) is 7.19. The summed E-state index contributed by atoms with van der Waals surface area (Å²) in [6, 6.07) is 9.61. The zero-order chi connectivity index (χ0) is 10.8. The lowest BCUT2D eigenvalue weighted by Gasteiger charge is -2.09. The number of fused-ring (bicyclic) bond motifs is 1. The lowest BCUT2D eigenvalue weighted by molar-refractivity contribution is 0.609. The summed E-state index contributed by atoms with van der Waals surface area (Å²) in [7, 11) is 2.01. The Morgan fingerprint density at radius 2 is 2.13 bits per heavy atom. The third-order valence-electron chi connectivity index (χ3n) is 2.74. The maximum absolute atomic E-state index is 3.27. The van der Waals surface area contributed by atoms with Crippen molar-refractivity contribution in [3.8, 4) is 0 Å². The fraction of sp³-hybridized carbons (Fsp3) is 0.385. The number of rotatable bonds is 3. The quantitative estimate of drug-likeness (QED) is 0.834. The summed E-state index contributed by atoms with van der Waals surface area (Å²) in [6.45, 7) is 4.38. The van der Waals surface area contributed by atoms with Gasteiger partial charge in [0.15, 0.2) is 0 Å². The molecule has 0 aliphatic carbocycles. The van der Waals surface area contributed by atoms with Gasteiger partial charge in [-0.2, -0.15) is 0 Å². The number of thiophene rings is 1. The molecule has 2 aromatic rings. The van der Waals surface area contributed by atoms with Gasteiger partial charge in [0.1, 0.15) is 0 Å². The van der Waals surface area contributed by atoms with Gasteiger partial charge in [0, 0.05) is 15.6 Å². The zero-order valence-electron chi connectivity index (χ0n) is 9.50. The molecule has 1 nitrogen and oxygen atoms in total. The largest absolute Gasteiger partial charge is 0.317 e. The minimum Gasteiger partial charge on any atom is -0.317 e. The molecule has 1 N–H and O–H groups in total. The number of nitrogens with one attached hydrogen (secondary N) is 1. The molecule has 0 saturated heterocycles. The zero-order valence-corrected chi connectivity index (χ0v) is 10.3. The second-order valence-electron chi connectivity index (χ2n) is 4.12. The van der Waals surface area contributed by atoms with Crippen LogP contribution in [0.2, 0.25) is 0 Å². The summed E-state index contributed by atoms with van der Waals surface area (Å²) in [5.74, 6) is 0. The van der Waals surface area contributed by atoms with E-state index < -0.39 is 0 Å². The molecule has 0 aliphatic rings. The van der Waals surface area contributed by atoms with Gasteiger partial charge in [0.2, 0.25) is 0 Å². The Morgan fingerprint density at radius 3 is 2.87 bits per heavy atom. The van der Waals surface area contributed by atoms with Crippen LogP contribution in [0.15, 0.2) is 24.3 Å². The van der Waals surface area contributed by atoms with E-state index in [1.165, 1.54) is 20.5 Å². The van der Waals surface area contributed by atoms with E-state index in [1.54, 1.807) is 0 Å². The summed E-state index contributed by atoms with van der Waals surface area (Å²) in [5, 5.41) is 4.66. The smallest absolute Gasteiger partial charge is 0.0345 e. The molecule has 0 saturated carbocycles. The second kappa shape index (κ2) is 4.33. The standard InChI is InChI=1S/C13H17NS/c1-9(14-3)6-11-4-5-13-12(8-11)7-10(2)15-13/h4-5,7-9,14H,6H2,1-3H3. The van der Waals surface area contributed by atoms with Gasteiger partial charge < -0.3 is 5.32 Å².